The molecule has 2 saturated heterocycles. The average Bonchev–Trinajstić information content (AvgIpc) is 3.41. The highest BCUT2D eigenvalue weighted by Crippen LogP contribution is 2.27. The molecule has 0 spiro atoms. The van der Waals surface area contributed by atoms with Crippen molar-refractivity contribution in [2.45, 2.75) is 25.4 Å². The lowest BCUT2D eigenvalue weighted by Crippen LogP contribution is -2.51. The highest BCUT2D eigenvalue weighted by Gasteiger charge is 2.36. The van der Waals surface area contributed by atoms with Crippen LogP contribution in [0.1, 0.15) is 17.5 Å². The van der Waals surface area contributed by atoms with Gasteiger partial charge in [0.2, 0.25) is 5.91 Å². The zero-order valence-corrected chi connectivity index (χ0v) is 19.7. The number of ether oxygens (including phenoxy) is 1. The van der Waals surface area contributed by atoms with Gasteiger partial charge in [-0.05, 0) is 35.7 Å². The van der Waals surface area contributed by atoms with E-state index < -0.39 is 9.84 Å². The molecule has 2 aromatic carbocycles. The van der Waals surface area contributed by atoms with Crippen LogP contribution in [0.5, 0.6) is 5.75 Å². The van der Waals surface area contributed by atoms with Crippen molar-refractivity contribution in [3.63, 3.8) is 0 Å². The van der Waals surface area contributed by atoms with Crippen LogP contribution in [-0.4, -0.2) is 81.0 Å². The fourth-order valence-electron chi connectivity index (χ4n) is 5.10. The fourth-order valence-corrected chi connectivity index (χ4v) is 6.80. The van der Waals surface area contributed by atoms with Gasteiger partial charge in [0.05, 0.1) is 30.7 Å². The predicted octanol–water partition coefficient (Wildman–Crippen LogP) is 1.96. The molecule has 7 nitrogen and oxygen atoms in total. The van der Waals surface area contributed by atoms with Crippen LogP contribution >= 0.6 is 0 Å². The Morgan fingerprint density at radius 1 is 1.03 bits per heavy atom. The van der Waals surface area contributed by atoms with Gasteiger partial charge in [0, 0.05) is 44.8 Å². The molecule has 1 atom stereocenters. The minimum Gasteiger partial charge on any atom is -0.493 e. The molecule has 0 saturated carbocycles. The van der Waals surface area contributed by atoms with E-state index >= 15 is 0 Å². The molecule has 0 unspecified atom stereocenters. The quantitative estimate of drug-likeness (QED) is 0.644. The van der Waals surface area contributed by atoms with Crippen molar-refractivity contribution >= 4 is 21.4 Å². The Kier molecular flexibility index (Phi) is 6.40. The van der Waals surface area contributed by atoms with Crippen LogP contribution < -0.4 is 9.64 Å². The summed E-state index contributed by atoms with van der Waals surface area (Å²) < 4.78 is 29.8. The maximum atomic E-state index is 13.4. The summed E-state index contributed by atoms with van der Waals surface area (Å²) in [4.78, 5) is 19.7. The van der Waals surface area contributed by atoms with Crippen molar-refractivity contribution in [3.8, 4) is 5.75 Å². The summed E-state index contributed by atoms with van der Waals surface area (Å²) in [5.74, 6) is 1.20. The molecule has 0 bridgehead atoms. The lowest BCUT2D eigenvalue weighted by Gasteiger charge is -2.36. The van der Waals surface area contributed by atoms with Crippen molar-refractivity contribution < 1.29 is 17.9 Å². The first kappa shape index (κ1) is 22.4. The molecule has 1 amide bonds. The number of fused-ring (bicyclic) bond motifs is 1. The van der Waals surface area contributed by atoms with E-state index in [2.05, 4.69) is 28.0 Å². The minimum absolute atomic E-state index is 0.0182. The van der Waals surface area contributed by atoms with E-state index in [1.54, 1.807) is 4.90 Å². The van der Waals surface area contributed by atoms with E-state index in [1.807, 2.05) is 30.3 Å². The number of benzene rings is 2. The summed E-state index contributed by atoms with van der Waals surface area (Å²) in [5.41, 5.74) is 3.39. The zero-order chi connectivity index (χ0) is 22.8. The van der Waals surface area contributed by atoms with Gasteiger partial charge in [-0.25, -0.2) is 8.42 Å². The van der Waals surface area contributed by atoms with E-state index in [1.165, 1.54) is 11.1 Å². The van der Waals surface area contributed by atoms with Gasteiger partial charge in [-0.2, -0.15) is 0 Å². The molecule has 0 N–H and O–H groups in total. The summed E-state index contributed by atoms with van der Waals surface area (Å²) in [6.45, 7) is 5.46. The second kappa shape index (κ2) is 9.44. The number of nitrogens with zero attached hydrogens (tertiary/aromatic N) is 3. The van der Waals surface area contributed by atoms with Gasteiger partial charge in [0.25, 0.3) is 0 Å². The molecular formula is C25H31N3O4S. The van der Waals surface area contributed by atoms with Crippen LogP contribution in [0.3, 0.4) is 0 Å². The van der Waals surface area contributed by atoms with E-state index in [-0.39, 0.29) is 23.5 Å². The zero-order valence-electron chi connectivity index (χ0n) is 18.9. The number of hydrogen-bond acceptors (Lipinski definition) is 6. The maximum Gasteiger partial charge on any atom is 0.241 e. The van der Waals surface area contributed by atoms with Gasteiger partial charge in [0.1, 0.15) is 5.75 Å². The lowest BCUT2D eigenvalue weighted by molar-refractivity contribution is -0.120. The monoisotopic (exact) mass is 469 g/mol. The number of rotatable bonds is 6. The van der Waals surface area contributed by atoms with E-state index in [0.29, 0.717) is 13.0 Å². The molecule has 0 aliphatic carbocycles. The Balaban J connectivity index is 1.19. The van der Waals surface area contributed by atoms with Gasteiger partial charge < -0.3 is 9.64 Å². The Labute approximate surface area is 195 Å². The Morgan fingerprint density at radius 2 is 1.79 bits per heavy atom. The number of carbonyl (C=O) groups excluding carboxylic acids is 1. The second-order valence-electron chi connectivity index (χ2n) is 9.25. The largest absolute Gasteiger partial charge is 0.493 e. The number of para-hydroxylation sites is 1. The molecule has 0 radical (unpaired) electrons. The summed E-state index contributed by atoms with van der Waals surface area (Å²) in [5, 5.41) is 0. The van der Waals surface area contributed by atoms with Crippen LogP contribution in [0.25, 0.3) is 0 Å². The second-order valence-corrected chi connectivity index (χ2v) is 11.5. The number of piperazine rings is 1. The van der Waals surface area contributed by atoms with Crippen molar-refractivity contribution in [2.24, 2.45) is 0 Å². The molecule has 3 heterocycles. The molecule has 33 heavy (non-hydrogen) atoms. The number of carbonyl (C=O) groups is 1. The van der Waals surface area contributed by atoms with Gasteiger partial charge in [0.15, 0.2) is 9.84 Å². The summed E-state index contributed by atoms with van der Waals surface area (Å²) in [7, 11) is -3.08. The van der Waals surface area contributed by atoms with Crippen molar-refractivity contribution in [3.05, 3.63) is 59.7 Å². The molecule has 3 aliphatic rings. The van der Waals surface area contributed by atoms with Crippen LogP contribution in [0.2, 0.25) is 0 Å². The summed E-state index contributed by atoms with van der Waals surface area (Å²) in [6, 6.07) is 15.7. The minimum atomic E-state index is -3.08. The molecule has 5 rings (SSSR count). The first-order chi connectivity index (χ1) is 16.0. The Bertz CT molecular complexity index is 1100. The van der Waals surface area contributed by atoms with Crippen LogP contribution in [0.15, 0.2) is 48.5 Å². The SMILES string of the molecule is O=C(CN1CCN(Cc2ccc3c(c2)CCO3)CC1)N(c1ccccc1)[C@H]1CCS(=O)(=O)C1. The summed E-state index contributed by atoms with van der Waals surface area (Å²) in [6.07, 6.45) is 1.49. The van der Waals surface area contributed by atoms with E-state index in [9.17, 15) is 13.2 Å². The Morgan fingerprint density at radius 3 is 2.52 bits per heavy atom. The van der Waals surface area contributed by atoms with Gasteiger partial charge >= 0.3 is 0 Å². The van der Waals surface area contributed by atoms with Gasteiger partial charge in [-0.1, -0.05) is 30.3 Å². The first-order valence-electron chi connectivity index (χ1n) is 11.7. The Hall–Kier alpha value is -2.42. The van der Waals surface area contributed by atoms with E-state index in [4.69, 9.17) is 4.74 Å². The number of sulfone groups is 1. The molecule has 2 fully saturated rings. The topological polar surface area (TPSA) is 70.2 Å². The first-order valence-corrected chi connectivity index (χ1v) is 13.6. The molecular weight excluding hydrogens is 438 g/mol. The van der Waals surface area contributed by atoms with Crippen molar-refractivity contribution in [2.75, 3.05) is 55.7 Å². The van der Waals surface area contributed by atoms with Crippen LogP contribution in [0.4, 0.5) is 5.69 Å². The third-order valence-corrected chi connectivity index (χ3v) is 8.61. The highest BCUT2D eigenvalue weighted by atomic mass is 32.2. The van der Waals surface area contributed by atoms with Crippen molar-refractivity contribution in [1.29, 1.82) is 0 Å². The third kappa shape index (κ3) is 5.23. The van der Waals surface area contributed by atoms with Crippen LogP contribution in [-0.2, 0) is 27.6 Å². The number of amides is 1. The smallest absolute Gasteiger partial charge is 0.241 e. The standard InChI is InChI=1S/C25H31N3O4S/c29-25(28(22-4-2-1-3-5-22)23-9-15-33(30,31)19-23)18-27-12-10-26(11-13-27)17-20-6-7-24-21(16-20)8-14-32-24/h1-7,16,23H,8-15,17-19H2/t23-/m0/s1. The van der Waals surface area contributed by atoms with Crippen molar-refractivity contribution in [1.82, 2.24) is 9.80 Å². The normalized spacial score (nSPS) is 22.6. The molecule has 0 aromatic heterocycles. The lowest BCUT2D eigenvalue weighted by atomic mass is 10.1. The maximum absolute atomic E-state index is 13.4. The molecule has 3 aliphatic heterocycles. The van der Waals surface area contributed by atoms with Gasteiger partial charge in [-0.3, -0.25) is 14.6 Å². The van der Waals surface area contributed by atoms with Crippen LogP contribution in [0, 0.1) is 0 Å². The molecule has 8 heteroatoms. The van der Waals surface area contributed by atoms with Gasteiger partial charge in [-0.15, -0.1) is 0 Å². The predicted molar refractivity (Wildman–Crippen MR) is 128 cm³/mol. The average molecular weight is 470 g/mol. The summed E-state index contributed by atoms with van der Waals surface area (Å²) >= 11 is 0. The third-order valence-electron chi connectivity index (χ3n) is 6.86. The number of hydrogen-bond donors (Lipinski definition) is 0. The number of anilines is 1. The van der Waals surface area contributed by atoms with E-state index in [0.717, 1.165) is 57.2 Å². The molecule has 176 valence electrons. The highest BCUT2D eigenvalue weighted by molar-refractivity contribution is 7.91. The fraction of sp³-hybridized carbons (Fsp3) is 0.480. The molecule has 2 aromatic rings.